The van der Waals surface area contributed by atoms with Gasteiger partial charge in [0.2, 0.25) is 0 Å². The van der Waals surface area contributed by atoms with Gasteiger partial charge in [0.05, 0.1) is 19.8 Å². The van der Waals surface area contributed by atoms with Crippen molar-refractivity contribution in [1.82, 2.24) is 0 Å². The largest absolute Gasteiger partial charge is 0.468 e. The van der Waals surface area contributed by atoms with E-state index in [1.54, 1.807) is 0 Å². The van der Waals surface area contributed by atoms with Crippen molar-refractivity contribution in [2.75, 3.05) is 14.2 Å². The average molecular weight is 316 g/mol. The second-order valence-corrected chi connectivity index (χ2v) is 4.49. The summed E-state index contributed by atoms with van der Waals surface area (Å²) in [5.41, 5.74) is -0.0541. The minimum absolute atomic E-state index is 0.304. The summed E-state index contributed by atoms with van der Waals surface area (Å²) in [6, 6.07) is 4.34. The van der Waals surface area contributed by atoms with E-state index in [9.17, 15) is 22.8 Å². The fraction of sp³-hybridized carbons (Fsp3) is 0.333. The number of alkyl halides is 3. The van der Waals surface area contributed by atoms with Gasteiger partial charge in [0.25, 0.3) is 0 Å². The van der Waals surface area contributed by atoms with Crippen molar-refractivity contribution in [3.05, 3.63) is 41.0 Å². The Hall–Kier alpha value is -2.31. The number of rotatable bonds is 4. The standard InChI is InChI=1S/C15H15F3O4/c1-9(12(13(19)21-2)14(20)22-3)8-10-4-6-11(7-5-10)15(16,17)18/h4-8,12H,1-3H3/b9-8-. The van der Waals surface area contributed by atoms with E-state index in [2.05, 4.69) is 9.47 Å². The molecule has 0 N–H and O–H groups in total. The van der Waals surface area contributed by atoms with Crippen LogP contribution >= 0.6 is 0 Å². The van der Waals surface area contributed by atoms with E-state index in [0.29, 0.717) is 11.1 Å². The second-order valence-electron chi connectivity index (χ2n) is 4.49. The Morgan fingerprint density at radius 3 is 1.86 bits per heavy atom. The summed E-state index contributed by atoms with van der Waals surface area (Å²) >= 11 is 0. The summed E-state index contributed by atoms with van der Waals surface area (Å²) in [6.07, 6.45) is -2.99. The number of methoxy groups -OCH3 is 2. The zero-order valence-corrected chi connectivity index (χ0v) is 12.2. The molecule has 0 heterocycles. The van der Waals surface area contributed by atoms with Crippen molar-refractivity contribution in [3.63, 3.8) is 0 Å². The Morgan fingerprint density at radius 2 is 1.50 bits per heavy atom. The van der Waals surface area contributed by atoms with Gasteiger partial charge in [-0.1, -0.05) is 18.2 Å². The van der Waals surface area contributed by atoms with Crippen LogP contribution in [0.25, 0.3) is 6.08 Å². The van der Waals surface area contributed by atoms with Crippen molar-refractivity contribution in [3.8, 4) is 0 Å². The minimum Gasteiger partial charge on any atom is -0.468 e. The third kappa shape index (κ3) is 4.34. The van der Waals surface area contributed by atoms with Gasteiger partial charge in [0.15, 0.2) is 5.92 Å². The average Bonchev–Trinajstić information content (AvgIpc) is 2.46. The van der Waals surface area contributed by atoms with Crippen molar-refractivity contribution in [2.45, 2.75) is 13.1 Å². The predicted octanol–water partition coefficient (Wildman–Crippen LogP) is 3.07. The number of esters is 2. The lowest BCUT2D eigenvalue weighted by Crippen LogP contribution is -2.27. The molecule has 0 radical (unpaired) electrons. The number of carbonyl (C=O) groups is 2. The van der Waals surface area contributed by atoms with Gasteiger partial charge in [-0.05, 0) is 30.2 Å². The first-order chi connectivity index (χ1) is 10.2. The second kappa shape index (κ2) is 7.11. The Kier molecular flexibility index (Phi) is 5.73. The van der Waals surface area contributed by atoms with E-state index in [4.69, 9.17) is 0 Å². The first kappa shape index (κ1) is 17.7. The van der Waals surface area contributed by atoms with Crippen molar-refractivity contribution < 1.29 is 32.2 Å². The van der Waals surface area contributed by atoms with Gasteiger partial charge in [-0.2, -0.15) is 13.2 Å². The Morgan fingerprint density at radius 1 is 1.05 bits per heavy atom. The van der Waals surface area contributed by atoms with Gasteiger partial charge in [-0.15, -0.1) is 0 Å². The van der Waals surface area contributed by atoms with E-state index >= 15 is 0 Å². The molecule has 0 aliphatic carbocycles. The maximum Gasteiger partial charge on any atom is 0.416 e. The molecule has 0 bridgehead atoms. The Labute approximate surface area is 125 Å². The Bertz CT molecular complexity index is 557. The highest BCUT2D eigenvalue weighted by Gasteiger charge is 2.31. The molecular weight excluding hydrogens is 301 g/mol. The molecule has 0 saturated carbocycles. The van der Waals surface area contributed by atoms with Gasteiger partial charge >= 0.3 is 18.1 Å². The van der Waals surface area contributed by atoms with Crippen LogP contribution in [0.2, 0.25) is 0 Å². The van der Waals surface area contributed by atoms with Crippen LogP contribution in [0.5, 0.6) is 0 Å². The Balaban J connectivity index is 3.08. The highest BCUT2D eigenvalue weighted by molar-refractivity contribution is 5.99. The molecule has 4 nitrogen and oxygen atoms in total. The molecule has 0 fully saturated rings. The molecule has 22 heavy (non-hydrogen) atoms. The third-order valence-corrected chi connectivity index (χ3v) is 2.96. The molecule has 0 aromatic heterocycles. The number of hydrogen-bond donors (Lipinski definition) is 0. The quantitative estimate of drug-likeness (QED) is 0.633. The lowest BCUT2D eigenvalue weighted by Gasteiger charge is -2.13. The van der Waals surface area contributed by atoms with Crippen LogP contribution in [0.15, 0.2) is 29.8 Å². The molecule has 0 amide bonds. The normalized spacial score (nSPS) is 12.2. The van der Waals surface area contributed by atoms with Crippen LogP contribution in [0.4, 0.5) is 13.2 Å². The number of ether oxygens (including phenoxy) is 2. The van der Waals surface area contributed by atoms with Crippen LogP contribution in [-0.2, 0) is 25.2 Å². The summed E-state index contributed by atoms with van der Waals surface area (Å²) in [5, 5.41) is 0. The molecule has 1 rings (SSSR count). The summed E-state index contributed by atoms with van der Waals surface area (Å²) < 4.78 is 46.5. The molecule has 0 aliphatic rings. The maximum absolute atomic E-state index is 12.5. The van der Waals surface area contributed by atoms with Crippen LogP contribution in [0.1, 0.15) is 18.1 Å². The van der Waals surface area contributed by atoms with Crippen LogP contribution in [-0.4, -0.2) is 26.2 Å². The third-order valence-electron chi connectivity index (χ3n) is 2.96. The molecule has 1 aromatic rings. The fourth-order valence-corrected chi connectivity index (χ4v) is 1.82. The maximum atomic E-state index is 12.5. The summed E-state index contributed by atoms with van der Waals surface area (Å²) in [4.78, 5) is 23.2. The van der Waals surface area contributed by atoms with E-state index < -0.39 is 29.6 Å². The molecule has 0 unspecified atom stereocenters. The molecular formula is C15H15F3O4. The van der Waals surface area contributed by atoms with E-state index in [1.807, 2.05) is 0 Å². The van der Waals surface area contributed by atoms with E-state index in [-0.39, 0.29) is 0 Å². The summed E-state index contributed by atoms with van der Waals surface area (Å²) in [5.74, 6) is -2.85. The number of halogens is 3. The monoisotopic (exact) mass is 316 g/mol. The summed E-state index contributed by atoms with van der Waals surface area (Å²) in [6.45, 7) is 1.50. The topological polar surface area (TPSA) is 52.6 Å². The van der Waals surface area contributed by atoms with Crippen LogP contribution in [0.3, 0.4) is 0 Å². The number of hydrogen-bond acceptors (Lipinski definition) is 4. The van der Waals surface area contributed by atoms with Gasteiger partial charge in [0.1, 0.15) is 0 Å². The number of benzene rings is 1. The zero-order valence-electron chi connectivity index (χ0n) is 12.2. The fourth-order valence-electron chi connectivity index (χ4n) is 1.82. The van der Waals surface area contributed by atoms with Crippen molar-refractivity contribution in [2.24, 2.45) is 5.92 Å². The number of carbonyl (C=O) groups excluding carboxylic acids is 2. The SMILES string of the molecule is COC(=O)C(C(=O)OC)/C(C)=C\c1ccc(C(F)(F)F)cc1. The predicted molar refractivity (Wildman–Crippen MR) is 72.6 cm³/mol. The van der Waals surface area contributed by atoms with Crippen LogP contribution in [0, 0.1) is 5.92 Å². The van der Waals surface area contributed by atoms with Gasteiger partial charge in [-0.3, -0.25) is 9.59 Å². The molecule has 120 valence electrons. The molecule has 7 heteroatoms. The molecule has 0 aliphatic heterocycles. The molecule has 0 saturated heterocycles. The van der Waals surface area contributed by atoms with Crippen molar-refractivity contribution in [1.29, 1.82) is 0 Å². The van der Waals surface area contributed by atoms with Gasteiger partial charge in [-0.25, -0.2) is 0 Å². The molecule has 1 aromatic carbocycles. The first-order valence-electron chi connectivity index (χ1n) is 6.21. The summed E-state index contributed by atoms with van der Waals surface area (Å²) in [7, 11) is 2.26. The zero-order chi connectivity index (χ0) is 16.9. The highest BCUT2D eigenvalue weighted by atomic mass is 19.4. The smallest absolute Gasteiger partial charge is 0.416 e. The van der Waals surface area contributed by atoms with Crippen molar-refractivity contribution >= 4 is 18.0 Å². The lowest BCUT2D eigenvalue weighted by atomic mass is 9.98. The highest BCUT2D eigenvalue weighted by Crippen LogP contribution is 2.29. The van der Waals surface area contributed by atoms with Gasteiger partial charge in [0, 0.05) is 0 Å². The van der Waals surface area contributed by atoms with E-state index in [1.165, 1.54) is 25.1 Å². The van der Waals surface area contributed by atoms with E-state index in [0.717, 1.165) is 26.4 Å². The first-order valence-corrected chi connectivity index (χ1v) is 6.21. The van der Waals surface area contributed by atoms with Gasteiger partial charge < -0.3 is 9.47 Å². The molecule has 0 atom stereocenters. The molecule has 0 spiro atoms. The van der Waals surface area contributed by atoms with Crippen LogP contribution < -0.4 is 0 Å². The lowest BCUT2D eigenvalue weighted by molar-refractivity contribution is -0.156. The minimum atomic E-state index is -4.42.